The fourth-order valence-corrected chi connectivity index (χ4v) is 2.11. The van der Waals surface area contributed by atoms with Gasteiger partial charge in [-0.15, -0.1) is 0 Å². The van der Waals surface area contributed by atoms with Crippen molar-refractivity contribution in [2.75, 3.05) is 0 Å². The zero-order chi connectivity index (χ0) is 12.8. The summed E-state index contributed by atoms with van der Waals surface area (Å²) >= 11 is 0. The van der Waals surface area contributed by atoms with E-state index >= 15 is 0 Å². The van der Waals surface area contributed by atoms with Crippen molar-refractivity contribution in [1.82, 2.24) is 5.32 Å². The van der Waals surface area contributed by atoms with E-state index < -0.39 is 0 Å². The highest BCUT2D eigenvalue weighted by Crippen LogP contribution is 2.18. The Balaban J connectivity index is 1.57. The minimum atomic E-state index is 0.230. The average molecular weight is 247 g/mol. The molecule has 1 aliphatic carbocycles. The summed E-state index contributed by atoms with van der Waals surface area (Å²) in [6, 6.07) is 4.70. The van der Waals surface area contributed by atoms with Crippen LogP contribution in [0.5, 0.6) is 0 Å². The number of aromatic nitrogens is 1. The van der Waals surface area contributed by atoms with Crippen LogP contribution in [0.15, 0.2) is 24.5 Å². The minimum absolute atomic E-state index is 0.230. The molecule has 98 valence electrons. The van der Waals surface area contributed by atoms with Gasteiger partial charge >= 0.3 is 0 Å². The second kappa shape index (κ2) is 6.53. The van der Waals surface area contributed by atoms with E-state index in [-0.39, 0.29) is 5.91 Å². The van der Waals surface area contributed by atoms with Crippen LogP contribution in [0, 0.1) is 6.92 Å². The monoisotopic (exact) mass is 247 g/mol. The summed E-state index contributed by atoms with van der Waals surface area (Å²) in [5, 5.41) is 3.08. The van der Waals surface area contributed by atoms with Crippen molar-refractivity contribution in [3.8, 4) is 0 Å². The number of hydrogen-bond donors (Lipinski definition) is 1. The zero-order valence-electron chi connectivity index (χ0n) is 11.2. The lowest BCUT2D eigenvalue weighted by atomic mass is 9.93. The van der Waals surface area contributed by atoms with Crippen LogP contribution in [-0.4, -0.2) is 11.9 Å². The molecule has 0 saturated heterocycles. The average Bonchev–Trinajstić information content (AvgIpc) is 2.32. The van der Waals surface area contributed by atoms with E-state index in [1.807, 2.05) is 0 Å². The second-order valence-corrected chi connectivity index (χ2v) is 5.27. The van der Waals surface area contributed by atoms with Gasteiger partial charge in [0.1, 0.15) is 6.54 Å². The molecule has 1 N–H and O–H groups in total. The first kappa shape index (κ1) is 13.1. The van der Waals surface area contributed by atoms with E-state index in [9.17, 15) is 4.79 Å². The number of hydrogen-bond acceptors (Lipinski definition) is 1. The maximum atomic E-state index is 11.6. The lowest BCUT2D eigenvalue weighted by Gasteiger charge is -2.26. The molecule has 1 amide bonds. The molecule has 1 aromatic heterocycles. The number of nitrogens with zero attached hydrogens (tertiary/aromatic N) is 1. The van der Waals surface area contributed by atoms with Gasteiger partial charge in [-0.25, -0.2) is 4.57 Å². The highest BCUT2D eigenvalue weighted by molar-refractivity contribution is 5.76. The Morgan fingerprint density at radius 3 is 2.67 bits per heavy atom. The molecule has 0 aliphatic heterocycles. The standard InChI is InChI=1S/C15H22N2O/c1-13-8-11-17(12-9-13)10-3-2-7-15(18)16-14-5-4-6-14/h8-9,11-12,14H,2-7,10H2,1H3/p+1. The fourth-order valence-electron chi connectivity index (χ4n) is 2.11. The molecule has 3 nitrogen and oxygen atoms in total. The van der Waals surface area contributed by atoms with E-state index in [2.05, 4.69) is 41.3 Å². The number of unbranched alkanes of at least 4 members (excludes halogenated alkanes) is 1. The SMILES string of the molecule is Cc1cc[n+](CCCCC(=O)NC2CCC2)cc1. The largest absolute Gasteiger partial charge is 0.353 e. The van der Waals surface area contributed by atoms with Gasteiger partial charge in [0, 0.05) is 31.0 Å². The van der Waals surface area contributed by atoms with Crippen LogP contribution in [0.25, 0.3) is 0 Å². The van der Waals surface area contributed by atoms with Crippen molar-refractivity contribution >= 4 is 5.91 Å². The van der Waals surface area contributed by atoms with Gasteiger partial charge in [0.2, 0.25) is 5.91 Å². The molecule has 0 spiro atoms. The number of nitrogens with one attached hydrogen (secondary N) is 1. The Kier molecular flexibility index (Phi) is 4.73. The Morgan fingerprint density at radius 2 is 2.06 bits per heavy atom. The van der Waals surface area contributed by atoms with E-state index in [4.69, 9.17) is 0 Å². The predicted molar refractivity (Wildman–Crippen MR) is 71.0 cm³/mol. The van der Waals surface area contributed by atoms with Crippen LogP contribution in [0.3, 0.4) is 0 Å². The molecule has 0 radical (unpaired) electrons. The van der Waals surface area contributed by atoms with Crippen molar-refractivity contribution in [2.24, 2.45) is 0 Å². The van der Waals surface area contributed by atoms with Crippen molar-refractivity contribution < 1.29 is 9.36 Å². The van der Waals surface area contributed by atoms with Gasteiger partial charge in [0.05, 0.1) is 0 Å². The number of rotatable bonds is 6. The van der Waals surface area contributed by atoms with Crippen LogP contribution in [-0.2, 0) is 11.3 Å². The van der Waals surface area contributed by atoms with Crippen molar-refractivity contribution in [3.05, 3.63) is 30.1 Å². The number of aryl methyl sites for hydroxylation is 2. The molecule has 1 fully saturated rings. The van der Waals surface area contributed by atoms with Gasteiger partial charge in [0.25, 0.3) is 0 Å². The summed E-state index contributed by atoms with van der Waals surface area (Å²) in [7, 11) is 0. The molecule has 1 heterocycles. The van der Waals surface area contributed by atoms with Crippen LogP contribution < -0.4 is 9.88 Å². The molecule has 2 rings (SSSR count). The first-order chi connectivity index (χ1) is 8.74. The van der Waals surface area contributed by atoms with Crippen molar-refractivity contribution in [2.45, 2.75) is 58.0 Å². The molecule has 3 heteroatoms. The summed E-state index contributed by atoms with van der Waals surface area (Å²) < 4.78 is 2.18. The quantitative estimate of drug-likeness (QED) is 0.606. The summed E-state index contributed by atoms with van der Waals surface area (Å²) in [6.45, 7) is 3.09. The van der Waals surface area contributed by atoms with Gasteiger partial charge in [-0.05, 0) is 38.2 Å². The normalized spacial score (nSPS) is 15.2. The molecular formula is C15H23N2O+. The van der Waals surface area contributed by atoms with Crippen molar-refractivity contribution in [1.29, 1.82) is 0 Å². The van der Waals surface area contributed by atoms with Crippen LogP contribution >= 0.6 is 0 Å². The smallest absolute Gasteiger partial charge is 0.220 e. The third kappa shape index (κ3) is 4.13. The summed E-state index contributed by atoms with van der Waals surface area (Å²) in [5.74, 6) is 0.230. The Morgan fingerprint density at radius 1 is 1.33 bits per heavy atom. The van der Waals surface area contributed by atoms with Crippen LogP contribution in [0.4, 0.5) is 0 Å². The summed E-state index contributed by atoms with van der Waals surface area (Å²) in [4.78, 5) is 11.6. The Hall–Kier alpha value is -1.38. The zero-order valence-corrected chi connectivity index (χ0v) is 11.2. The first-order valence-corrected chi connectivity index (χ1v) is 6.99. The van der Waals surface area contributed by atoms with Gasteiger partial charge < -0.3 is 5.32 Å². The number of amides is 1. The lowest BCUT2D eigenvalue weighted by Crippen LogP contribution is -2.39. The topological polar surface area (TPSA) is 33.0 Å². The molecule has 0 atom stereocenters. The molecule has 0 aromatic carbocycles. The third-order valence-corrected chi connectivity index (χ3v) is 3.60. The number of pyridine rings is 1. The van der Waals surface area contributed by atoms with Gasteiger partial charge in [-0.2, -0.15) is 0 Å². The minimum Gasteiger partial charge on any atom is -0.353 e. The second-order valence-electron chi connectivity index (χ2n) is 5.27. The maximum absolute atomic E-state index is 11.6. The fraction of sp³-hybridized carbons (Fsp3) is 0.600. The number of carbonyl (C=O) groups excluding carboxylic acids is 1. The van der Waals surface area contributed by atoms with Crippen LogP contribution in [0.2, 0.25) is 0 Å². The maximum Gasteiger partial charge on any atom is 0.220 e. The van der Waals surface area contributed by atoms with Gasteiger partial charge in [0.15, 0.2) is 12.4 Å². The Labute approximate surface area is 109 Å². The molecule has 1 aliphatic rings. The lowest BCUT2D eigenvalue weighted by molar-refractivity contribution is -0.697. The Bertz CT molecular complexity index is 382. The highest BCUT2D eigenvalue weighted by atomic mass is 16.1. The molecule has 1 saturated carbocycles. The molecule has 18 heavy (non-hydrogen) atoms. The van der Waals surface area contributed by atoms with E-state index in [1.165, 1.54) is 24.8 Å². The summed E-state index contributed by atoms with van der Waals surface area (Å²) in [6.07, 6.45) is 10.5. The molecule has 0 bridgehead atoms. The molecule has 0 unspecified atom stereocenters. The van der Waals surface area contributed by atoms with E-state index in [1.54, 1.807) is 0 Å². The first-order valence-electron chi connectivity index (χ1n) is 6.99. The van der Waals surface area contributed by atoms with E-state index in [0.717, 1.165) is 19.4 Å². The van der Waals surface area contributed by atoms with Crippen molar-refractivity contribution in [3.63, 3.8) is 0 Å². The summed E-state index contributed by atoms with van der Waals surface area (Å²) in [5.41, 5.74) is 1.28. The molecular weight excluding hydrogens is 224 g/mol. The third-order valence-electron chi connectivity index (χ3n) is 3.60. The number of carbonyl (C=O) groups is 1. The highest BCUT2D eigenvalue weighted by Gasteiger charge is 2.18. The molecule has 1 aromatic rings. The predicted octanol–water partition coefficient (Wildman–Crippen LogP) is 2.12. The van der Waals surface area contributed by atoms with Gasteiger partial charge in [-0.3, -0.25) is 4.79 Å². The van der Waals surface area contributed by atoms with Crippen LogP contribution in [0.1, 0.15) is 44.1 Å². The van der Waals surface area contributed by atoms with Gasteiger partial charge in [-0.1, -0.05) is 0 Å². The van der Waals surface area contributed by atoms with E-state index in [0.29, 0.717) is 12.5 Å².